The maximum absolute atomic E-state index is 6.04. The van der Waals surface area contributed by atoms with Crippen molar-refractivity contribution in [3.05, 3.63) is 48.0 Å². The molecule has 0 N–H and O–H groups in total. The summed E-state index contributed by atoms with van der Waals surface area (Å²) in [5.74, 6) is 0.687. The zero-order valence-electron chi connectivity index (χ0n) is 13.9. The van der Waals surface area contributed by atoms with Crippen LogP contribution in [-0.4, -0.2) is 49.3 Å². The molecular weight excluding hydrogens is 304 g/mol. The SMILES string of the molecule is CN1CC[C@@H](Oc2cccc(-c3cccc(C4OCCO4)c3)n2)C1. The fraction of sp³-hybridized carbons (Fsp3) is 0.421. The number of benzene rings is 1. The lowest BCUT2D eigenvalue weighted by molar-refractivity contribution is -0.0440. The van der Waals surface area contributed by atoms with E-state index in [1.165, 1.54) is 0 Å². The largest absolute Gasteiger partial charge is 0.473 e. The van der Waals surface area contributed by atoms with E-state index in [2.05, 4.69) is 23.0 Å². The molecule has 2 aliphatic rings. The van der Waals surface area contributed by atoms with Gasteiger partial charge in [-0.3, -0.25) is 0 Å². The summed E-state index contributed by atoms with van der Waals surface area (Å²) in [5, 5.41) is 0. The summed E-state index contributed by atoms with van der Waals surface area (Å²) in [5.41, 5.74) is 2.97. The van der Waals surface area contributed by atoms with Gasteiger partial charge >= 0.3 is 0 Å². The van der Waals surface area contributed by atoms with Gasteiger partial charge < -0.3 is 19.1 Å². The van der Waals surface area contributed by atoms with Crippen molar-refractivity contribution in [3.8, 4) is 17.1 Å². The molecule has 5 heteroatoms. The van der Waals surface area contributed by atoms with Gasteiger partial charge in [0.25, 0.3) is 0 Å². The molecule has 2 aromatic rings. The van der Waals surface area contributed by atoms with E-state index >= 15 is 0 Å². The third kappa shape index (κ3) is 3.43. The number of ether oxygens (including phenoxy) is 3. The lowest BCUT2D eigenvalue weighted by Crippen LogP contribution is -2.21. The van der Waals surface area contributed by atoms with Gasteiger partial charge in [-0.25, -0.2) is 4.98 Å². The van der Waals surface area contributed by atoms with Gasteiger partial charge in [0.2, 0.25) is 5.88 Å². The Morgan fingerprint density at radius 3 is 2.75 bits per heavy atom. The number of hydrogen-bond acceptors (Lipinski definition) is 5. The highest BCUT2D eigenvalue weighted by atomic mass is 16.7. The Labute approximate surface area is 142 Å². The third-order valence-electron chi connectivity index (χ3n) is 4.44. The summed E-state index contributed by atoms with van der Waals surface area (Å²) in [6.45, 7) is 3.32. The molecule has 0 radical (unpaired) electrons. The summed E-state index contributed by atoms with van der Waals surface area (Å²) < 4.78 is 17.2. The van der Waals surface area contributed by atoms with E-state index in [4.69, 9.17) is 14.2 Å². The van der Waals surface area contributed by atoms with Gasteiger partial charge in [-0.2, -0.15) is 0 Å². The fourth-order valence-corrected chi connectivity index (χ4v) is 3.20. The van der Waals surface area contributed by atoms with E-state index in [1.54, 1.807) is 0 Å². The Morgan fingerprint density at radius 1 is 1.12 bits per heavy atom. The van der Waals surface area contributed by atoms with Gasteiger partial charge in [0.1, 0.15) is 6.10 Å². The van der Waals surface area contributed by atoms with Gasteiger partial charge in [0, 0.05) is 30.3 Å². The molecule has 2 aliphatic heterocycles. The monoisotopic (exact) mass is 326 g/mol. The minimum absolute atomic E-state index is 0.226. The molecule has 0 amide bonds. The first-order valence-electron chi connectivity index (χ1n) is 8.44. The van der Waals surface area contributed by atoms with Crippen molar-refractivity contribution < 1.29 is 14.2 Å². The standard InChI is InChI=1S/C19H22N2O3/c1-21-9-8-16(13-21)24-18-7-3-6-17(20-18)14-4-2-5-15(12-14)19-22-10-11-23-19/h2-7,12,16,19H,8-11,13H2,1H3/t16-/m1/s1. The lowest BCUT2D eigenvalue weighted by Gasteiger charge is -2.14. The Morgan fingerprint density at radius 2 is 1.96 bits per heavy atom. The third-order valence-corrected chi connectivity index (χ3v) is 4.44. The van der Waals surface area contributed by atoms with Crippen molar-refractivity contribution in [3.63, 3.8) is 0 Å². The van der Waals surface area contributed by atoms with E-state index in [9.17, 15) is 0 Å². The number of pyridine rings is 1. The molecule has 0 unspecified atom stereocenters. The topological polar surface area (TPSA) is 43.8 Å². The van der Waals surface area contributed by atoms with Crippen LogP contribution in [0.3, 0.4) is 0 Å². The van der Waals surface area contributed by atoms with E-state index in [0.29, 0.717) is 19.1 Å². The molecule has 0 bridgehead atoms. The van der Waals surface area contributed by atoms with Gasteiger partial charge in [-0.1, -0.05) is 24.3 Å². The number of rotatable bonds is 4. The molecule has 2 fully saturated rings. The van der Waals surface area contributed by atoms with Crippen LogP contribution in [-0.2, 0) is 9.47 Å². The molecule has 4 rings (SSSR count). The average molecular weight is 326 g/mol. The highest BCUT2D eigenvalue weighted by molar-refractivity contribution is 5.60. The van der Waals surface area contributed by atoms with Crippen LogP contribution in [0.5, 0.6) is 5.88 Å². The summed E-state index contributed by atoms with van der Waals surface area (Å²) in [7, 11) is 2.12. The predicted molar refractivity (Wildman–Crippen MR) is 90.8 cm³/mol. The van der Waals surface area contributed by atoms with E-state index in [0.717, 1.165) is 36.3 Å². The molecule has 126 valence electrons. The second-order valence-corrected chi connectivity index (χ2v) is 6.35. The van der Waals surface area contributed by atoms with Gasteiger partial charge in [0.15, 0.2) is 6.29 Å². The Hall–Kier alpha value is -1.95. The highest BCUT2D eigenvalue weighted by Gasteiger charge is 2.22. The summed E-state index contributed by atoms with van der Waals surface area (Å²) in [6, 6.07) is 14.1. The van der Waals surface area contributed by atoms with Crippen LogP contribution in [0, 0.1) is 0 Å². The molecule has 2 saturated heterocycles. The van der Waals surface area contributed by atoms with Crippen LogP contribution in [0.1, 0.15) is 18.3 Å². The first-order chi connectivity index (χ1) is 11.8. The van der Waals surface area contributed by atoms with Crippen molar-refractivity contribution >= 4 is 0 Å². The maximum atomic E-state index is 6.04. The molecular formula is C19H22N2O3. The summed E-state index contributed by atoms with van der Waals surface area (Å²) in [4.78, 5) is 6.95. The van der Waals surface area contributed by atoms with Crippen molar-refractivity contribution in [1.29, 1.82) is 0 Å². The van der Waals surface area contributed by atoms with Crippen molar-refractivity contribution in [2.75, 3.05) is 33.4 Å². The minimum atomic E-state index is -0.265. The first-order valence-corrected chi connectivity index (χ1v) is 8.44. The number of likely N-dealkylation sites (tertiary alicyclic amines) is 1. The number of aromatic nitrogens is 1. The molecule has 1 aromatic heterocycles. The predicted octanol–water partition coefficient (Wildman–Crippen LogP) is 2.88. The van der Waals surface area contributed by atoms with Crippen molar-refractivity contribution in [2.45, 2.75) is 18.8 Å². The van der Waals surface area contributed by atoms with E-state index in [-0.39, 0.29) is 12.4 Å². The molecule has 1 aromatic carbocycles. The molecule has 0 saturated carbocycles. The molecule has 5 nitrogen and oxygen atoms in total. The van der Waals surface area contributed by atoms with Crippen LogP contribution in [0.2, 0.25) is 0 Å². The van der Waals surface area contributed by atoms with Gasteiger partial charge in [0.05, 0.1) is 18.9 Å². The Bertz CT molecular complexity index is 701. The Balaban J connectivity index is 1.53. The Kier molecular flexibility index (Phi) is 4.47. The quantitative estimate of drug-likeness (QED) is 0.864. The van der Waals surface area contributed by atoms with Crippen LogP contribution in [0.15, 0.2) is 42.5 Å². The minimum Gasteiger partial charge on any atom is -0.473 e. The van der Waals surface area contributed by atoms with Crippen molar-refractivity contribution in [1.82, 2.24) is 9.88 Å². The second-order valence-electron chi connectivity index (χ2n) is 6.35. The lowest BCUT2D eigenvalue weighted by atomic mass is 10.1. The van der Waals surface area contributed by atoms with Crippen LogP contribution < -0.4 is 4.74 Å². The van der Waals surface area contributed by atoms with Gasteiger partial charge in [-0.15, -0.1) is 0 Å². The van der Waals surface area contributed by atoms with Gasteiger partial charge in [-0.05, 0) is 25.6 Å². The normalized spacial score (nSPS) is 22.1. The maximum Gasteiger partial charge on any atom is 0.214 e. The zero-order valence-corrected chi connectivity index (χ0v) is 13.9. The molecule has 24 heavy (non-hydrogen) atoms. The molecule has 1 atom stereocenters. The van der Waals surface area contributed by atoms with E-state index < -0.39 is 0 Å². The molecule has 0 spiro atoms. The highest BCUT2D eigenvalue weighted by Crippen LogP contribution is 2.28. The summed E-state index contributed by atoms with van der Waals surface area (Å²) >= 11 is 0. The van der Waals surface area contributed by atoms with Crippen LogP contribution >= 0.6 is 0 Å². The fourth-order valence-electron chi connectivity index (χ4n) is 3.20. The second kappa shape index (κ2) is 6.89. The average Bonchev–Trinajstić information content (AvgIpc) is 3.27. The molecule has 3 heterocycles. The first kappa shape index (κ1) is 15.6. The zero-order chi connectivity index (χ0) is 16.4. The molecule has 0 aliphatic carbocycles. The number of likely N-dealkylation sites (N-methyl/N-ethyl adjacent to an activating group) is 1. The van der Waals surface area contributed by atoms with Crippen LogP contribution in [0.25, 0.3) is 11.3 Å². The number of hydrogen-bond donors (Lipinski definition) is 0. The summed E-state index contributed by atoms with van der Waals surface area (Å²) in [6.07, 6.45) is 1.01. The number of nitrogens with zero attached hydrogens (tertiary/aromatic N) is 2. The smallest absolute Gasteiger partial charge is 0.214 e. The van der Waals surface area contributed by atoms with Crippen LogP contribution in [0.4, 0.5) is 0 Å². The van der Waals surface area contributed by atoms with E-state index in [1.807, 2.05) is 36.4 Å². The van der Waals surface area contributed by atoms with Crippen molar-refractivity contribution in [2.24, 2.45) is 0 Å².